The van der Waals surface area contributed by atoms with Crippen LogP contribution in [0.15, 0.2) is 48.5 Å². The lowest BCUT2D eigenvalue weighted by molar-refractivity contribution is 0.337. The fourth-order valence-corrected chi connectivity index (χ4v) is 4.42. The van der Waals surface area contributed by atoms with E-state index in [-0.39, 0.29) is 0 Å². The zero-order chi connectivity index (χ0) is 22.2. The van der Waals surface area contributed by atoms with E-state index in [4.69, 9.17) is 14.5 Å². The molecule has 0 unspecified atom stereocenters. The van der Waals surface area contributed by atoms with Crippen molar-refractivity contribution in [1.29, 1.82) is 0 Å². The van der Waals surface area contributed by atoms with Crippen LogP contribution in [0.1, 0.15) is 58.2 Å². The largest absolute Gasteiger partial charge is 0.494 e. The Kier molecular flexibility index (Phi) is 7.70. The van der Waals surface area contributed by atoms with E-state index in [0.29, 0.717) is 13.2 Å². The minimum absolute atomic E-state index is 0.647. The van der Waals surface area contributed by atoms with E-state index in [1.807, 2.05) is 50.2 Å². The zero-order valence-corrected chi connectivity index (χ0v) is 19.2. The Bertz CT molecular complexity index is 981. The maximum Gasteiger partial charge on any atom is 0.151 e. The molecule has 0 spiro atoms. The van der Waals surface area contributed by atoms with Crippen molar-refractivity contribution >= 4 is 0 Å². The van der Waals surface area contributed by atoms with E-state index >= 15 is 0 Å². The summed E-state index contributed by atoms with van der Waals surface area (Å²) in [5.74, 6) is 3.34. The van der Waals surface area contributed by atoms with Gasteiger partial charge in [-0.05, 0) is 74.7 Å². The minimum Gasteiger partial charge on any atom is -0.494 e. The summed E-state index contributed by atoms with van der Waals surface area (Å²) >= 11 is 0. The van der Waals surface area contributed by atoms with Crippen LogP contribution in [0, 0.1) is 5.92 Å². The van der Waals surface area contributed by atoms with Crippen molar-refractivity contribution in [3.8, 4) is 34.0 Å². The highest BCUT2D eigenvalue weighted by molar-refractivity contribution is 5.77. The molecule has 5 heteroatoms. The van der Waals surface area contributed by atoms with Gasteiger partial charge in [0.05, 0.1) is 13.2 Å². The van der Waals surface area contributed by atoms with Crippen molar-refractivity contribution in [2.24, 2.45) is 5.92 Å². The lowest BCUT2D eigenvalue weighted by atomic mass is 9.86. The van der Waals surface area contributed by atoms with Gasteiger partial charge in [-0.3, -0.25) is 0 Å². The quantitative estimate of drug-likeness (QED) is 0.386. The molecule has 0 saturated heterocycles. The number of hydrogen-bond acceptors (Lipinski definition) is 5. The van der Waals surface area contributed by atoms with Crippen LogP contribution in [0.25, 0.3) is 22.5 Å². The van der Waals surface area contributed by atoms with Crippen molar-refractivity contribution in [3.05, 3.63) is 54.4 Å². The van der Waals surface area contributed by atoms with Gasteiger partial charge in [-0.25, -0.2) is 4.98 Å². The first-order chi connectivity index (χ1) is 15.8. The molecule has 0 aliphatic heterocycles. The summed E-state index contributed by atoms with van der Waals surface area (Å²) in [6.45, 7) is 5.27. The molecule has 3 aromatic rings. The van der Waals surface area contributed by atoms with E-state index in [1.165, 1.54) is 32.1 Å². The minimum atomic E-state index is 0.647. The third-order valence-electron chi connectivity index (χ3n) is 6.11. The Labute approximate surface area is 191 Å². The summed E-state index contributed by atoms with van der Waals surface area (Å²) in [5.41, 5.74) is 3.66. The number of nitrogens with zero attached hydrogens (tertiary/aromatic N) is 3. The van der Waals surface area contributed by atoms with Gasteiger partial charge in [0.1, 0.15) is 22.9 Å². The van der Waals surface area contributed by atoms with Crippen molar-refractivity contribution in [1.82, 2.24) is 15.2 Å². The first-order valence-corrected chi connectivity index (χ1v) is 12.0. The van der Waals surface area contributed by atoms with E-state index in [9.17, 15) is 0 Å². The van der Waals surface area contributed by atoms with E-state index in [2.05, 4.69) is 22.3 Å². The molecular weight excluding hydrogens is 398 g/mol. The van der Waals surface area contributed by atoms with Gasteiger partial charge in [-0.1, -0.05) is 32.1 Å². The van der Waals surface area contributed by atoms with Gasteiger partial charge in [0.25, 0.3) is 0 Å². The molecule has 1 aliphatic rings. The second-order valence-corrected chi connectivity index (χ2v) is 8.38. The van der Waals surface area contributed by atoms with Crippen LogP contribution in [-0.4, -0.2) is 28.4 Å². The van der Waals surface area contributed by atoms with Crippen LogP contribution < -0.4 is 9.47 Å². The van der Waals surface area contributed by atoms with E-state index < -0.39 is 0 Å². The molecule has 0 radical (unpaired) electrons. The number of hydrogen-bond donors (Lipinski definition) is 0. The summed E-state index contributed by atoms with van der Waals surface area (Å²) in [7, 11) is 0. The van der Waals surface area contributed by atoms with Gasteiger partial charge >= 0.3 is 0 Å². The number of aromatic nitrogens is 3. The van der Waals surface area contributed by atoms with Crippen molar-refractivity contribution in [2.75, 3.05) is 13.2 Å². The van der Waals surface area contributed by atoms with Gasteiger partial charge in [0, 0.05) is 17.5 Å². The summed E-state index contributed by atoms with van der Waals surface area (Å²) < 4.78 is 11.2. The number of aryl methyl sites for hydroxylation is 1. The molecule has 1 heterocycles. The van der Waals surface area contributed by atoms with Gasteiger partial charge in [0.2, 0.25) is 0 Å². The van der Waals surface area contributed by atoms with Crippen LogP contribution in [-0.2, 0) is 6.42 Å². The molecular formula is C27H33N3O2. The fraction of sp³-hybridized carbons (Fsp3) is 0.444. The molecule has 32 heavy (non-hydrogen) atoms. The first-order valence-electron chi connectivity index (χ1n) is 12.0. The molecule has 0 bridgehead atoms. The van der Waals surface area contributed by atoms with Crippen LogP contribution >= 0.6 is 0 Å². The maximum absolute atomic E-state index is 5.61. The summed E-state index contributed by atoms with van der Waals surface area (Å²) in [4.78, 5) is 4.99. The number of ether oxygens (including phenoxy) is 2. The topological polar surface area (TPSA) is 57.1 Å². The molecule has 168 valence electrons. The van der Waals surface area contributed by atoms with Crippen LogP contribution in [0.2, 0.25) is 0 Å². The standard InChI is InChI=1S/C27H33N3O2/c1-3-31-23-15-11-21(12-16-23)26-27(22-13-17-24(18-14-22)32-4-2)30-29-25(28-26)19-10-20-8-6-5-7-9-20/h11-18,20H,3-10,19H2,1-2H3. The number of rotatable bonds is 9. The second kappa shape index (κ2) is 11.1. The van der Waals surface area contributed by atoms with Crippen molar-refractivity contribution < 1.29 is 9.47 Å². The molecule has 1 aromatic heterocycles. The molecule has 1 saturated carbocycles. The maximum atomic E-state index is 5.61. The van der Waals surface area contributed by atoms with Crippen molar-refractivity contribution in [3.63, 3.8) is 0 Å². The molecule has 1 aliphatic carbocycles. The highest BCUT2D eigenvalue weighted by Crippen LogP contribution is 2.32. The Balaban J connectivity index is 1.63. The number of benzene rings is 2. The second-order valence-electron chi connectivity index (χ2n) is 8.38. The monoisotopic (exact) mass is 431 g/mol. The van der Waals surface area contributed by atoms with Gasteiger partial charge < -0.3 is 9.47 Å². The average Bonchev–Trinajstić information content (AvgIpc) is 2.85. The molecule has 5 nitrogen and oxygen atoms in total. The molecule has 0 atom stereocenters. The fourth-order valence-electron chi connectivity index (χ4n) is 4.42. The average molecular weight is 432 g/mol. The van der Waals surface area contributed by atoms with Crippen LogP contribution in [0.3, 0.4) is 0 Å². The van der Waals surface area contributed by atoms with Crippen LogP contribution in [0.4, 0.5) is 0 Å². The van der Waals surface area contributed by atoms with E-state index in [0.717, 1.165) is 58.6 Å². The summed E-state index contributed by atoms with van der Waals surface area (Å²) in [6.07, 6.45) is 8.80. The first kappa shape index (κ1) is 22.3. The normalized spacial score (nSPS) is 14.3. The van der Waals surface area contributed by atoms with Gasteiger partial charge in [0.15, 0.2) is 5.82 Å². The molecule has 4 rings (SSSR count). The smallest absolute Gasteiger partial charge is 0.151 e. The molecule has 0 amide bonds. The Morgan fingerprint density at radius 2 is 1.28 bits per heavy atom. The Morgan fingerprint density at radius 3 is 1.84 bits per heavy atom. The predicted octanol–water partition coefficient (Wildman–Crippen LogP) is 6.52. The molecule has 1 fully saturated rings. The SMILES string of the molecule is CCOc1ccc(-c2nnc(CCC3CCCCC3)nc2-c2ccc(OCC)cc2)cc1. The van der Waals surface area contributed by atoms with Crippen molar-refractivity contribution in [2.45, 2.75) is 58.8 Å². The van der Waals surface area contributed by atoms with Gasteiger partial charge in [-0.15, -0.1) is 10.2 Å². The third kappa shape index (κ3) is 5.64. The van der Waals surface area contributed by atoms with Gasteiger partial charge in [-0.2, -0.15) is 0 Å². The molecule has 2 aromatic carbocycles. The summed E-state index contributed by atoms with van der Waals surface area (Å²) in [5, 5.41) is 9.15. The Morgan fingerprint density at radius 1 is 0.719 bits per heavy atom. The highest BCUT2D eigenvalue weighted by Gasteiger charge is 2.17. The predicted molar refractivity (Wildman–Crippen MR) is 128 cm³/mol. The third-order valence-corrected chi connectivity index (χ3v) is 6.11. The van der Waals surface area contributed by atoms with Crippen LogP contribution in [0.5, 0.6) is 11.5 Å². The zero-order valence-electron chi connectivity index (χ0n) is 19.2. The Hall–Kier alpha value is -2.95. The summed E-state index contributed by atoms with van der Waals surface area (Å²) in [6, 6.07) is 16.1. The molecule has 0 N–H and O–H groups in total. The lowest BCUT2D eigenvalue weighted by Crippen LogP contribution is -2.10. The van der Waals surface area contributed by atoms with E-state index in [1.54, 1.807) is 0 Å². The lowest BCUT2D eigenvalue weighted by Gasteiger charge is -2.21. The highest BCUT2D eigenvalue weighted by atomic mass is 16.5.